The Labute approximate surface area is 92.1 Å². The molecule has 1 fully saturated rings. The maximum atomic E-state index is 13.3. The fraction of sp³-hybridized carbons (Fsp3) is 0.364. The Bertz CT molecular complexity index is 408. The molecular formula is C11H12FNO3. The average molecular weight is 225 g/mol. The molecule has 2 rings (SSSR count). The molecule has 1 aliphatic rings. The van der Waals surface area contributed by atoms with Crippen LogP contribution in [0.4, 0.5) is 4.39 Å². The van der Waals surface area contributed by atoms with Crippen LogP contribution in [0.15, 0.2) is 18.2 Å². The third-order valence-electron chi connectivity index (χ3n) is 2.44. The van der Waals surface area contributed by atoms with E-state index in [4.69, 9.17) is 15.2 Å². The molecule has 1 aliphatic heterocycles. The van der Waals surface area contributed by atoms with Gasteiger partial charge in [0.15, 0.2) is 6.10 Å². The Kier molecular flexibility index (Phi) is 3.05. The van der Waals surface area contributed by atoms with E-state index in [-0.39, 0.29) is 12.1 Å². The van der Waals surface area contributed by atoms with Crippen molar-refractivity contribution in [3.05, 3.63) is 29.6 Å². The molecule has 16 heavy (non-hydrogen) atoms. The Balaban J connectivity index is 2.20. The Morgan fingerprint density at radius 2 is 2.38 bits per heavy atom. The van der Waals surface area contributed by atoms with Crippen molar-refractivity contribution in [3.63, 3.8) is 0 Å². The summed E-state index contributed by atoms with van der Waals surface area (Å²) in [6.45, 7) is 0.376. The molecule has 4 nitrogen and oxygen atoms in total. The molecule has 1 atom stereocenters. The zero-order valence-corrected chi connectivity index (χ0v) is 8.61. The van der Waals surface area contributed by atoms with Crippen molar-refractivity contribution in [1.82, 2.24) is 0 Å². The topological polar surface area (TPSA) is 61.6 Å². The van der Waals surface area contributed by atoms with E-state index in [0.29, 0.717) is 18.8 Å². The molecule has 1 aromatic carbocycles. The van der Waals surface area contributed by atoms with E-state index in [1.165, 1.54) is 12.1 Å². The van der Waals surface area contributed by atoms with Gasteiger partial charge in [0.1, 0.15) is 11.6 Å². The Hall–Kier alpha value is -1.62. The molecule has 0 aliphatic carbocycles. The molecule has 0 amide bonds. The molecule has 5 heteroatoms. The van der Waals surface area contributed by atoms with Gasteiger partial charge < -0.3 is 15.2 Å². The quantitative estimate of drug-likeness (QED) is 0.779. The first kappa shape index (κ1) is 10.9. The van der Waals surface area contributed by atoms with Gasteiger partial charge in [0, 0.05) is 18.5 Å². The van der Waals surface area contributed by atoms with Gasteiger partial charge in [-0.2, -0.15) is 0 Å². The van der Waals surface area contributed by atoms with Crippen molar-refractivity contribution < 1.29 is 18.7 Å². The SMILES string of the molecule is NCc1c(F)cccc1OC1CCOC1=O. The van der Waals surface area contributed by atoms with Crippen LogP contribution in [0.3, 0.4) is 0 Å². The molecule has 1 aromatic rings. The normalized spacial score (nSPS) is 19.6. The summed E-state index contributed by atoms with van der Waals surface area (Å²) >= 11 is 0. The third kappa shape index (κ3) is 1.99. The lowest BCUT2D eigenvalue weighted by Gasteiger charge is -2.13. The van der Waals surface area contributed by atoms with Crippen LogP contribution in [0.2, 0.25) is 0 Å². The highest BCUT2D eigenvalue weighted by Crippen LogP contribution is 2.24. The average Bonchev–Trinajstić information content (AvgIpc) is 2.65. The molecule has 0 saturated carbocycles. The lowest BCUT2D eigenvalue weighted by Crippen LogP contribution is -2.22. The van der Waals surface area contributed by atoms with E-state index < -0.39 is 17.9 Å². The number of hydrogen-bond donors (Lipinski definition) is 1. The van der Waals surface area contributed by atoms with Crippen LogP contribution < -0.4 is 10.5 Å². The number of halogens is 1. The number of esters is 1. The van der Waals surface area contributed by atoms with Gasteiger partial charge in [-0.15, -0.1) is 0 Å². The summed E-state index contributed by atoms with van der Waals surface area (Å²) in [5, 5.41) is 0. The van der Waals surface area contributed by atoms with E-state index >= 15 is 0 Å². The lowest BCUT2D eigenvalue weighted by atomic mass is 10.2. The smallest absolute Gasteiger partial charge is 0.347 e. The molecule has 2 N–H and O–H groups in total. The maximum Gasteiger partial charge on any atom is 0.347 e. The summed E-state index contributed by atoms with van der Waals surface area (Å²) in [7, 11) is 0. The summed E-state index contributed by atoms with van der Waals surface area (Å²) in [5.74, 6) is -0.523. The monoisotopic (exact) mass is 225 g/mol. The number of hydrogen-bond acceptors (Lipinski definition) is 4. The zero-order valence-electron chi connectivity index (χ0n) is 8.61. The van der Waals surface area contributed by atoms with Gasteiger partial charge in [0.2, 0.25) is 0 Å². The Morgan fingerprint density at radius 1 is 1.56 bits per heavy atom. The molecule has 1 unspecified atom stereocenters. The van der Waals surface area contributed by atoms with Crippen molar-refractivity contribution in [2.75, 3.05) is 6.61 Å². The van der Waals surface area contributed by atoms with Gasteiger partial charge in [-0.05, 0) is 12.1 Å². The highest BCUT2D eigenvalue weighted by Gasteiger charge is 2.29. The van der Waals surface area contributed by atoms with Crippen LogP contribution in [0.25, 0.3) is 0 Å². The highest BCUT2D eigenvalue weighted by molar-refractivity contribution is 5.76. The van der Waals surface area contributed by atoms with Gasteiger partial charge in [-0.25, -0.2) is 9.18 Å². The summed E-state index contributed by atoms with van der Waals surface area (Å²) in [6, 6.07) is 4.42. The minimum Gasteiger partial charge on any atom is -0.478 e. The number of cyclic esters (lactones) is 1. The first-order valence-corrected chi connectivity index (χ1v) is 5.03. The molecular weight excluding hydrogens is 213 g/mol. The number of nitrogens with two attached hydrogens (primary N) is 1. The van der Waals surface area contributed by atoms with Crippen molar-refractivity contribution in [2.45, 2.75) is 19.1 Å². The van der Waals surface area contributed by atoms with Crippen LogP contribution in [0.5, 0.6) is 5.75 Å². The van der Waals surface area contributed by atoms with Crippen LogP contribution >= 0.6 is 0 Å². The fourth-order valence-electron chi connectivity index (χ4n) is 1.59. The predicted octanol–water partition coefficient (Wildman–Crippen LogP) is 0.979. The zero-order chi connectivity index (χ0) is 11.5. The van der Waals surface area contributed by atoms with E-state index in [0.717, 1.165) is 0 Å². The first-order chi connectivity index (χ1) is 7.72. The molecule has 0 aromatic heterocycles. The van der Waals surface area contributed by atoms with Crippen LogP contribution in [0.1, 0.15) is 12.0 Å². The number of carbonyl (C=O) groups is 1. The molecule has 0 radical (unpaired) electrons. The Morgan fingerprint density at radius 3 is 3.00 bits per heavy atom. The second-order valence-corrected chi connectivity index (χ2v) is 3.48. The molecule has 86 valence electrons. The molecule has 0 bridgehead atoms. The predicted molar refractivity (Wildman–Crippen MR) is 54.3 cm³/mol. The van der Waals surface area contributed by atoms with E-state index in [1.807, 2.05) is 0 Å². The molecule has 1 saturated heterocycles. The van der Waals surface area contributed by atoms with Gasteiger partial charge in [0.25, 0.3) is 0 Å². The summed E-state index contributed by atoms with van der Waals surface area (Å²) in [4.78, 5) is 11.2. The summed E-state index contributed by atoms with van der Waals surface area (Å²) < 4.78 is 23.5. The maximum absolute atomic E-state index is 13.3. The van der Waals surface area contributed by atoms with Crippen molar-refractivity contribution in [3.8, 4) is 5.75 Å². The van der Waals surface area contributed by atoms with Gasteiger partial charge >= 0.3 is 5.97 Å². The molecule has 0 spiro atoms. The highest BCUT2D eigenvalue weighted by atomic mass is 19.1. The van der Waals surface area contributed by atoms with E-state index in [2.05, 4.69) is 0 Å². The fourth-order valence-corrected chi connectivity index (χ4v) is 1.59. The van der Waals surface area contributed by atoms with Gasteiger partial charge in [0.05, 0.1) is 6.61 Å². The van der Waals surface area contributed by atoms with Gasteiger partial charge in [-0.3, -0.25) is 0 Å². The van der Waals surface area contributed by atoms with Crippen molar-refractivity contribution in [2.24, 2.45) is 5.73 Å². The molecule has 1 heterocycles. The standard InChI is InChI=1S/C11H12FNO3/c12-8-2-1-3-9(7(8)6-13)16-10-4-5-15-11(10)14/h1-3,10H,4-6,13H2. The third-order valence-corrected chi connectivity index (χ3v) is 2.44. The number of benzene rings is 1. The van der Waals surface area contributed by atoms with Gasteiger partial charge in [-0.1, -0.05) is 6.07 Å². The summed E-state index contributed by atoms with van der Waals surface area (Å²) in [5.41, 5.74) is 5.70. The van der Waals surface area contributed by atoms with E-state index in [1.54, 1.807) is 6.07 Å². The van der Waals surface area contributed by atoms with Crippen LogP contribution in [-0.4, -0.2) is 18.7 Å². The van der Waals surface area contributed by atoms with E-state index in [9.17, 15) is 9.18 Å². The van der Waals surface area contributed by atoms with Crippen molar-refractivity contribution in [1.29, 1.82) is 0 Å². The number of carbonyl (C=O) groups excluding carboxylic acids is 1. The number of rotatable bonds is 3. The second kappa shape index (κ2) is 4.49. The minimum atomic E-state index is -0.646. The van der Waals surface area contributed by atoms with Crippen molar-refractivity contribution >= 4 is 5.97 Å². The lowest BCUT2D eigenvalue weighted by molar-refractivity contribution is -0.143. The largest absolute Gasteiger partial charge is 0.478 e. The summed E-state index contributed by atoms with van der Waals surface area (Å²) in [6.07, 6.45) is -0.161. The van der Waals surface area contributed by atoms with Crippen LogP contribution in [0, 0.1) is 5.82 Å². The number of ether oxygens (including phenoxy) is 2. The first-order valence-electron chi connectivity index (χ1n) is 5.03. The van der Waals surface area contributed by atoms with Crippen LogP contribution in [-0.2, 0) is 16.1 Å². The minimum absolute atomic E-state index is 0.0315. The second-order valence-electron chi connectivity index (χ2n) is 3.48.